The summed E-state index contributed by atoms with van der Waals surface area (Å²) >= 11 is 6.97. The summed E-state index contributed by atoms with van der Waals surface area (Å²) in [5, 5.41) is 10.5. The molecular weight excluding hydrogens is 274 g/mol. The van der Waals surface area contributed by atoms with Gasteiger partial charge >= 0.3 is 5.97 Å². The van der Waals surface area contributed by atoms with Crippen molar-refractivity contribution in [2.24, 2.45) is 0 Å². The number of aromatic carboxylic acids is 1. The molecule has 2 rings (SSSR count). The highest BCUT2D eigenvalue weighted by Gasteiger charge is 2.09. The van der Waals surface area contributed by atoms with Gasteiger partial charge in [-0.2, -0.15) is 0 Å². The van der Waals surface area contributed by atoms with E-state index < -0.39 is 5.97 Å². The molecule has 0 spiro atoms. The number of carboxylic acid groups (broad SMARTS) is 1. The van der Waals surface area contributed by atoms with Gasteiger partial charge in [-0.3, -0.25) is 0 Å². The Morgan fingerprint density at radius 3 is 2.67 bits per heavy atom. The van der Waals surface area contributed by atoms with Crippen LogP contribution in [-0.2, 0) is 0 Å². The van der Waals surface area contributed by atoms with Crippen LogP contribution < -0.4 is 5.73 Å². The minimum absolute atomic E-state index is 0.0564. The summed E-state index contributed by atoms with van der Waals surface area (Å²) in [6.07, 6.45) is 2.78. The lowest BCUT2D eigenvalue weighted by Gasteiger charge is -2.04. The van der Waals surface area contributed by atoms with Crippen molar-refractivity contribution in [2.45, 2.75) is 10.1 Å². The number of nitrogens with zero attached hydrogens (tertiary/aromatic N) is 2. The van der Waals surface area contributed by atoms with Gasteiger partial charge in [0.25, 0.3) is 0 Å². The molecular formula is C11H8ClN3O2S. The summed E-state index contributed by atoms with van der Waals surface area (Å²) < 4.78 is 0. The zero-order valence-electron chi connectivity index (χ0n) is 9.00. The first-order valence-electron chi connectivity index (χ1n) is 4.84. The van der Waals surface area contributed by atoms with Gasteiger partial charge in [-0.15, -0.1) is 0 Å². The van der Waals surface area contributed by atoms with Crippen molar-refractivity contribution in [2.75, 3.05) is 5.73 Å². The van der Waals surface area contributed by atoms with E-state index in [0.717, 1.165) is 0 Å². The van der Waals surface area contributed by atoms with Crippen LogP contribution in [0.1, 0.15) is 10.4 Å². The molecule has 18 heavy (non-hydrogen) atoms. The highest BCUT2D eigenvalue weighted by atomic mass is 35.5. The molecule has 0 bridgehead atoms. The number of nitrogens with two attached hydrogens (primary N) is 1. The average molecular weight is 282 g/mol. The van der Waals surface area contributed by atoms with E-state index in [1.165, 1.54) is 30.2 Å². The van der Waals surface area contributed by atoms with Crippen LogP contribution in [0.2, 0.25) is 5.02 Å². The first-order valence-corrected chi connectivity index (χ1v) is 6.04. The third kappa shape index (κ3) is 2.91. The summed E-state index contributed by atoms with van der Waals surface area (Å²) in [7, 11) is 0. The van der Waals surface area contributed by atoms with Crippen LogP contribution >= 0.6 is 23.4 Å². The second-order valence-electron chi connectivity index (χ2n) is 3.34. The van der Waals surface area contributed by atoms with Crippen LogP contribution in [0.25, 0.3) is 0 Å². The number of hydrogen-bond donors (Lipinski definition) is 2. The molecule has 0 saturated carbocycles. The predicted molar refractivity (Wildman–Crippen MR) is 69.0 cm³/mol. The molecule has 0 aliphatic carbocycles. The van der Waals surface area contributed by atoms with Crippen molar-refractivity contribution in [3.05, 3.63) is 41.2 Å². The lowest BCUT2D eigenvalue weighted by molar-refractivity contribution is 0.0696. The molecule has 0 fully saturated rings. The maximum atomic E-state index is 10.7. The molecule has 0 unspecified atom stereocenters. The Labute approximate surface area is 112 Å². The molecule has 0 atom stereocenters. The third-order valence-electron chi connectivity index (χ3n) is 2.03. The third-order valence-corrected chi connectivity index (χ3v) is 3.24. The van der Waals surface area contributed by atoms with Crippen molar-refractivity contribution < 1.29 is 9.90 Å². The molecule has 0 aliphatic rings. The fraction of sp³-hybridized carbons (Fsp3) is 0. The van der Waals surface area contributed by atoms with Crippen LogP contribution in [0.3, 0.4) is 0 Å². The van der Waals surface area contributed by atoms with Gasteiger partial charge in [0, 0.05) is 12.4 Å². The minimum atomic E-state index is -1.06. The number of anilines is 1. The van der Waals surface area contributed by atoms with Gasteiger partial charge in [-0.05, 0) is 30.0 Å². The van der Waals surface area contributed by atoms with Crippen molar-refractivity contribution >= 4 is 35.0 Å². The molecule has 7 heteroatoms. The standard InChI is InChI=1S/C11H8ClN3O2S/c12-7-1-2-9(14-5-7)18-10-8(13)3-6(4-15-10)11(16)17/h1-5H,13H2,(H,16,17). The SMILES string of the molecule is Nc1cc(C(=O)O)cnc1Sc1ccc(Cl)cn1. The van der Waals surface area contributed by atoms with E-state index in [2.05, 4.69) is 9.97 Å². The normalized spacial score (nSPS) is 10.3. The Balaban J connectivity index is 2.24. The van der Waals surface area contributed by atoms with Crippen molar-refractivity contribution in [1.82, 2.24) is 9.97 Å². The maximum absolute atomic E-state index is 10.7. The summed E-state index contributed by atoms with van der Waals surface area (Å²) in [6.45, 7) is 0. The highest BCUT2D eigenvalue weighted by molar-refractivity contribution is 7.99. The Morgan fingerprint density at radius 1 is 1.33 bits per heavy atom. The van der Waals surface area contributed by atoms with E-state index >= 15 is 0 Å². The second-order valence-corrected chi connectivity index (χ2v) is 4.79. The van der Waals surface area contributed by atoms with Crippen LogP contribution in [0.15, 0.2) is 40.6 Å². The number of aromatic nitrogens is 2. The Bertz CT molecular complexity index is 589. The zero-order valence-corrected chi connectivity index (χ0v) is 10.6. The quantitative estimate of drug-likeness (QED) is 0.899. The number of pyridine rings is 2. The predicted octanol–water partition coefficient (Wildman–Crippen LogP) is 2.56. The molecule has 0 saturated heterocycles. The summed E-state index contributed by atoms with van der Waals surface area (Å²) in [5.74, 6) is -1.06. The van der Waals surface area contributed by atoms with E-state index in [4.69, 9.17) is 22.4 Å². The van der Waals surface area contributed by atoms with Crippen LogP contribution in [0.4, 0.5) is 5.69 Å². The number of hydrogen-bond acceptors (Lipinski definition) is 5. The monoisotopic (exact) mass is 281 g/mol. The maximum Gasteiger partial charge on any atom is 0.337 e. The largest absolute Gasteiger partial charge is 0.478 e. The molecule has 92 valence electrons. The Hall–Kier alpha value is -1.79. The first kappa shape index (κ1) is 12.7. The van der Waals surface area contributed by atoms with Gasteiger partial charge in [0.05, 0.1) is 16.3 Å². The van der Waals surface area contributed by atoms with Gasteiger partial charge in [0.1, 0.15) is 10.1 Å². The number of carboxylic acids is 1. The fourth-order valence-corrected chi connectivity index (χ4v) is 2.03. The van der Waals surface area contributed by atoms with Crippen molar-refractivity contribution in [1.29, 1.82) is 0 Å². The zero-order chi connectivity index (χ0) is 13.1. The number of rotatable bonds is 3. The molecule has 0 amide bonds. The van der Waals surface area contributed by atoms with Gasteiger partial charge in [0.15, 0.2) is 0 Å². The summed E-state index contributed by atoms with van der Waals surface area (Å²) in [5.41, 5.74) is 6.10. The van der Waals surface area contributed by atoms with Gasteiger partial charge in [-0.25, -0.2) is 14.8 Å². The van der Waals surface area contributed by atoms with E-state index in [0.29, 0.717) is 20.8 Å². The summed E-state index contributed by atoms with van der Waals surface area (Å²) in [4.78, 5) is 18.8. The lowest BCUT2D eigenvalue weighted by atomic mass is 10.3. The van der Waals surface area contributed by atoms with E-state index in [1.807, 2.05) is 0 Å². The molecule has 0 aromatic carbocycles. The molecule has 2 aromatic rings. The van der Waals surface area contributed by atoms with Gasteiger partial charge < -0.3 is 10.8 Å². The number of halogens is 1. The number of carbonyl (C=O) groups is 1. The Morgan fingerprint density at radius 2 is 2.11 bits per heavy atom. The molecule has 0 aliphatic heterocycles. The minimum Gasteiger partial charge on any atom is -0.478 e. The average Bonchev–Trinajstić information content (AvgIpc) is 2.34. The smallest absolute Gasteiger partial charge is 0.337 e. The van der Waals surface area contributed by atoms with Crippen LogP contribution in [0.5, 0.6) is 0 Å². The first-order chi connectivity index (χ1) is 8.56. The highest BCUT2D eigenvalue weighted by Crippen LogP contribution is 2.29. The molecule has 5 nitrogen and oxygen atoms in total. The second kappa shape index (κ2) is 5.24. The van der Waals surface area contributed by atoms with E-state index in [1.54, 1.807) is 12.1 Å². The van der Waals surface area contributed by atoms with Crippen LogP contribution in [-0.4, -0.2) is 21.0 Å². The van der Waals surface area contributed by atoms with Gasteiger partial charge in [0.2, 0.25) is 0 Å². The van der Waals surface area contributed by atoms with Crippen LogP contribution in [0, 0.1) is 0 Å². The van der Waals surface area contributed by atoms with Gasteiger partial charge in [-0.1, -0.05) is 11.6 Å². The topological polar surface area (TPSA) is 89.1 Å². The van der Waals surface area contributed by atoms with E-state index in [-0.39, 0.29) is 5.56 Å². The molecule has 3 N–H and O–H groups in total. The van der Waals surface area contributed by atoms with Crippen molar-refractivity contribution in [3.8, 4) is 0 Å². The summed E-state index contributed by atoms with van der Waals surface area (Å²) in [6, 6.07) is 4.81. The van der Waals surface area contributed by atoms with Crippen molar-refractivity contribution in [3.63, 3.8) is 0 Å². The molecule has 0 radical (unpaired) electrons. The fourth-order valence-electron chi connectivity index (χ4n) is 1.19. The molecule has 2 aromatic heterocycles. The molecule has 2 heterocycles. The van der Waals surface area contributed by atoms with E-state index in [9.17, 15) is 4.79 Å². The lowest BCUT2D eigenvalue weighted by Crippen LogP contribution is -2.01. The number of nitrogen functional groups attached to an aromatic ring is 1. The Kier molecular flexibility index (Phi) is 3.69.